The third kappa shape index (κ3) is 4.88. The summed E-state index contributed by atoms with van der Waals surface area (Å²) in [5.41, 5.74) is 1.01. The molecule has 0 fully saturated rings. The molecule has 0 aliphatic carbocycles. The molecule has 0 aliphatic rings. The summed E-state index contributed by atoms with van der Waals surface area (Å²) in [6.45, 7) is 3.33. The molecule has 1 aromatic rings. The molecule has 0 radical (unpaired) electrons. The van der Waals surface area contributed by atoms with Gasteiger partial charge in [0.15, 0.2) is 14.7 Å². The molecule has 0 unspecified atom stereocenters. The van der Waals surface area contributed by atoms with E-state index in [0.29, 0.717) is 11.3 Å². The maximum absolute atomic E-state index is 11.6. The molecule has 0 aliphatic heterocycles. The Balaban J connectivity index is 3.10. The quantitative estimate of drug-likeness (QED) is 0.655. The van der Waals surface area contributed by atoms with Gasteiger partial charge in [0.1, 0.15) is 0 Å². The van der Waals surface area contributed by atoms with E-state index in [-0.39, 0.29) is 5.91 Å². The summed E-state index contributed by atoms with van der Waals surface area (Å²) in [6, 6.07) is 6.27. The van der Waals surface area contributed by atoms with Crippen molar-refractivity contribution in [1.82, 2.24) is 0 Å². The summed E-state index contributed by atoms with van der Waals surface area (Å²) >= 11 is 0. The van der Waals surface area contributed by atoms with Crippen LogP contribution in [0.25, 0.3) is 6.08 Å². The molecule has 0 spiro atoms. The smallest absolute Gasteiger partial charge is 0.349 e. The number of carbonyl (C=O) groups is 2. The van der Waals surface area contributed by atoms with Crippen molar-refractivity contribution in [1.29, 1.82) is 0 Å². The highest BCUT2D eigenvalue weighted by Crippen LogP contribution is 2.16. The fourth-order valence-electron chi connectivity index (χ4n) is 1.43. The van der Waals surface area contributed by atoms with Crippen molar-refractivity contribution in [2.45, 2.75) is 0 Å². The van der Waals surface area contributed by atoms with Crippen LogP contribution in [0.1, 0.15) is 5.56 Å². The first kappa shape index (κ1) is 16.6. The van der Waals surface area contributed by atoms with Gasteiger partial charge in [0, 0.05) is 11.9 Å². The molecule has 1 amide bonds. The first-order valence-corrected chi connectivity index (χ1v) is 7.70. The van der Waals surface area contributed by atoms with Gasteiger partial charge >= 0.3 is 5.97 Å². The lowest BCUT2D eigenvalue weighted by molar-refractivity contribution is -0.135. The molecule has 0 aromatic heterocycles. The molecule has 0 saturated carbocycles. The van der Waals surface area contributed by atoms with Crippen LogP contribution in [-0.4, -0.2) is 33.7 Å². The Labute approximate surface area is 123 Å². The van der Waals surface area contributed by atoms with Crippen LogP contribution < -0.4 is 5.32 Å². The van der Waals surface area contributed by atoms with Gasteiger partial charge in [-0.15, -0.1) is 0 Å². The van der Waals surface area contributed by atoms with Crippen LogP contribution in [0.5, 0.6) is 0 Å². The Morgan fingerprint density at radius 3 is 2.24 bits per heavy atom. The van der Waals surface area contributed by atoms with E-state index in [0.717, 1.165) is 19.4 Å². The van der Waals surface area contributed by atoms with Crippen LogP contribution in [-0.2, 0) is 24.2 Å². The second-order valence-corrected chi connectivity index (χ2v) is 6.07. The highest BCUT2D eigenvalue weighted by atomic mass is 32.2. The lowest BCUT2D eigenvalue weighted by Crippen LogP contribution is -2.13. The SMILES string of the molecule is C=CC(=O)Nc1ccc(/C=C(\C(=O)OC)S(C)(=O)=O)cc1. The van der Waals surface area contributed by atoms with Crippen molar-refractivity contribution in [3.05, 3.63) is 47.4 Å². The third-order valence-corrected chi connectivity index (χ3v) is 3.53. The standard InChI is InChI=1S/C14H15NO5S/c1-4-13(16)15-11-7-5-10(6-8-11)9-12(14(17)20-2)21(3,18)19/h4-9H,1H2,2-3H3,(H,15,16)/b12-9+. The predicted molar refractivity (Wildman–Crippen MR) is 80.1 cm³/mol. The molecule has 1 aromatic carbocycles. The molecular weight excluding hydrogens is 294 g/mol. The summed E-state index contributed by atoms with van der Waals surface area (Å²) < 4.78 is 27.5. The second kappa shape index (κ2) is 6.85. The number of hydrogen-bond donors (Lipinski definition) is 1. The monoisotopic (exact) mass is 309 g/mol. The number of rotatable bonds is 5. The van der Waals surface area contributed by atoms with Gasteiger partial charge in [-0.25, -0.2) is 13.2 Å². The molecule has 0 heterocycles. The molecule has 21 heavy (non-hydrogen) atoms. The highest BCUT2D eigenvalue weighted by molar-refractivity contribution is 7.95. The zero-order valence-corrected chi connectivity index (χ0v) is 12.4. The lowest BCUT2D eigenvalue weighted by atomic mass is 10.2. The van der Waals surface area contributed by atoms with Gasteiger partial charge < -0.3 is 10.1 Å². The number of ether oxygens (including phenoxy) is 1. The number of esters is 1. The van der Waals surface area contributed by atoms with Gasteiger partial charge in [0.25, 0.3) is 0 Å². The molecule has 0 bridgehead atoms. The number of anilines is 1. The number of methoxy groups -OCH3 is 1. The van der Waals surface area contributed by atoms with E-state index >= 15 is 0 Å². The van der Waals surface area contributed by atoms with Gasteiger partial charge in [-0.05, 0) is 29.8 Å². The fourth-order valence-corrected chi connectivity index (χ4v) is 2.16. The van der Waals surface area contributed by atoms with E-state index < -0.39 is 20.7 Å². The Hall–Kier alpha value is -2.41. The van der Waals surface area contributed by atoms with Crippen LogP contribution in [0.15, 0.2) is 41.8 Å². The Kier molecular flexibility index (Phi) is 5.43. The number of carbonyl (C=O) groups excluding carboxylic acids is 2. The van der Waals surface area contributed by atoms with Gasteiger partial charge in [0.05, 0.1) is 7.11 Å². The van der Waals surface area contributed by atoms with Gasteiger partial charge in [-0.1, -0.05) is 18.7 Å². The van der Waals surface area contributed by atoms with Crippen LogP contribution >= 0.6 is 0 Å². The second-order valence-electron chi connectivity index (χ2n) is 4.09. The minimum atomic E-state index is -3.70. The molecule has 0 saturated heterocycles. The maximum atomic E-state index is 11.6. The number of hydrogen-bond acceptors (Lipinski definition) is 5. The molecule has 6 nitrogen and oxygen atoms in total. The summed E-state index contributed by atoms with van der Waals surface area (Å²) in [5.74, 6) is -1.29. The largest absolute Gasteiger partial charge is 0.465 e. The van der Waals surface area contributed by atoms with Crippen molar-refractivity contribution < 1.29 is 22.7 Å². The van der Waals surface area contributed by atoms with E-state index in [4.69, 9.17) is 0 Å². The van der Waals surface area contributed by atoms with E-state index in [1.165, 1.54) is 6.08 Å². The van der Waals surface area contributed by atoms with Crippen LogP contribution in [0.4, 0.5) is 5.69 Å². The van der Waals surface area contributed by atoms with Crippen molar-refractivity contribution >= 4 is 33.5 Å². The predicted octanol–water partition coefficient (Wildman–Crippen LogP) is 1.37. The van der Waals surface area contributed by atoms with Gasteiger partial charge in [0.2, 0.25) is 5.91 Å². The Morgan fingerprint density at radius 2 is 1.81 bits per heavy atom. The molecule has 112 valence electrons. The van der Waals surface area contributed by atoms with Gasteiger partial charge in [-0.2, -0.15) is 0 Å². The highest BCUT2D eigenvalue weighted by Gasteiger charge is 2.20. The Bertz CT molecular complexity index is 687. The summed E-state index contributed by atoms with van der Waals surface area (Å²) in [6.07, 6.45) is 3.27. The van der Waals surface area contributed by atoms with Crippen molar-refractivity contribution in [3.8, 4) is 0 Å². The molecule has 1 N–H and O–H groups in total. The maximum Gasteiger partial charge on any atom is 0.349 e. The normalized spacial score (nSPS) is 11.6. The zero-order valence-electron chi connectivity index (χ0n) is 11.6. The summed E-state index contributed by atoms with van der Waals surface area (Å²) in [5, 5.41) is 2.55. The van der Waals surface area contributed by atoms with Gasteiger partial charge in [-0.3, -0.25) is 4.79 Å². The first-order chi connectivity index (χ1) is 9.77. The zero-order chi connectivity index (χ0) is 16.0. The molecule has 1 rings (SSSR count). The first-order valence-electron chi connectivity index (χ1n) is 5.81. The van der Waals surface area contributed by atoms with Crippen LogP contribution in [0.3, 0.4) is 0 Å². The average molecular weight is 309 g/mol. The molecular formula is C14H15NO5S. The topological polar surface area (TPSA) is 89.5 Å². The third-order valence-electron chi connectivity index (χ3n) is 2.45. The number of benzene rings is 1. The Morgan fingerprint density at radius 1 is 1.24 bits per heavy atom. The minimum Gasteiger partial charge on any atom is -0.465 e. The van der Waals surface area contributed by atoms with Crippen molar-refractivity contribution in [2.75, 3.05) is 18.7 Å². The minimum absolute atomic E-state index is 0.357. The van der Waals surface area contributed by atoms with Crippen molar-refractivity contribution in [3.63, 3.8) is 0 Å². The molecule has 7 heteroatoms. The number of nitrogens with one attached hydrogen (secondary N) is 1. The number of sulfone groups is 1. The van der Waals surface area contributed by atoms with Crippen molar-refractivity contribution in [2.24, 2.45) is 0 Å². The lowest BCUT2D eigenvalue weighted by Gasteiger charge is -2.05. The van der Waals surface area contributed by atoms with E-state index in [1.807, 2.05) is 0 Å². The summed E-state index contributed by atoms with van der Waals surface area (Å²) in [4.78, 5) is 22.2. The molecule has 0 atom stereocenters. The van der Waals surface area contributed by atoms with Crippen LogP contribution in [0, 0.1) is 0 Å². The van der Waals surface area contributed by atoms with E-state index in [1.54, 1.807) is 24.3 Å². The van der Waals surface area contributed by atoms with E-state index in [2.05, 4.69) is 16.6 Å². The van der Waals surface area contributed by atoms with Crippen LogP contribution in [0.2, 0.25) is 0 Å². The average Bonchev–Trinajstić information content (AvgIpc) is 2.44. The fraction of sp³-hybridized carbons (Fsp3) is 0.143. The number of amides is 1. The van der Waals surface area contributed by atoms with E-state index in [9.17, 15) is 18.0 Å². The summed E-state index contributed by atoms with van der Waals surface area (Å²) in [7, 11) is -2.60.